The number of halogens is 1. The van der Waals surface area contributed by atoms with Crippen LogP contribution in [0.2, 0.25) is 0 Å². The lowest BCUT2D eigenvalue weighted by molar-refractivity contribution is -0.132. The first-order valence-electron chi connectivity index (χ1n) is 3.26. The summed E-state index contributed by atoms with van der Waals surface area (Å²) in [7, 11) is 0. The van der Waals surface area contributed by atoms with E-state index in [4.69, 9.17) is 16.7 Å². The average molecular weight is 161 g/mol. The minimum absolute atomic E-state index is 0.142. The van der Waals surface area contributed by atoms with Crippen molar-refractivity contribution in [2.24, 2.45) is 0 Å². The molecule has 0 aliphatic heterocycles. The lowest BCUT2D eigenvalue weighted by Gasteiger charge is -2.12. The minimum atomic E-state index is -0.802. The molecule has 0 saturated heterocycles. The van der Waals surface area contributed by atoms with Crippen LogP contribution < -0.4 is 0 Å². The van der Waals surface area contributed by atoms with Gasteiger partial charge in [-0.3, -0.25) is 0 Å². The van der Waals surface area contributed by atoms with Crippen LogP contribution in [0.15, 0.2) is 11.6 Å². The highest BCUT2D eigenvalue weighted by Crippen LogP contribution is 2.21. The fraction of sp³-hybridized carbons (Fsp3) is 0.571. The van der Waals surface area contributed by atoms with Gasteiger partial charge in [0.1, 0.15) is 0 Å². The van der Waals surface area contributed by atoms with Crippen molar-refractivity contribution < 1.29 is 9.90 Å². The van der Waals surface area contributed by atoms with Crippen LogP contribution >= 0.6 is 11.6 Å². The molecule has 1 rings (SSSR count). The normalized spacial score (nSPS) is 25.7. The van der Waals surface area contributed by atoms with E-state index in [1.54, 1.807) is 6.08 Å². The molecule has 1 atom stereocenters. The molecule has 1 aliphatic carbocycles. The van der Waals surface area contributed by atoms with Crippen LogP contribution in [0.5, 0.6) is 0 Å². The Labute approximate surface area is 64.5 Å². The first-order chi connectivity index (χ1) is 4.70. The molecule has 0 aromatic rings. The molecule has 0 spiro atoms. The average Bonchev–Trinajstić information content (AvgIpc) is 1.88. The standard InChI is InChI=1S/C7H9ClO2/c8-6-3-1-5(2-4-6)7(9)10/h1,6H,2-4H2,(H,9,10). The van der Waals surface area contributed by atoms with Crippen molar-refractivity contribution in [3.8, 4) is 0 Å². The van der Waals surface area contributed by atoms with Crippen molar-refractivity contribution in [1.82, 2.24) is 0 Å². The van der Waals surface area contributed by atoms with Crippen molar-refractivity contribution in [2.45, 2.75) is 24.6 Å². The zero-order valence-electron chi connectivity index (χ0n) is 5.51. The summed E-state index contributed by atoms with van der Waals surface area (Å²) in [5.41, 5.74) is 0.511. The van der Waals surface area contributed by atoms with Gasteiger partial charge in [-0.2, -0.15) is 0 Å². The van der Waals surface area contributed by atoms with Crippen LogP contribution in [0.4, 0.5) is 0 Å². The smallest absolute Gasteiger partial charge is 0.331 e. The summed E-state index contributed by atoms with van der Waals surface area (Å²) < 4.78 is 0. The van der Waals surface area contributed by atoms with Crippen LogP contribution in [0, 0.1) is 0 Å². The second kappa shape index (κ2) is 3.06. The lowest BCUT2D eigenvalue weighted by Crippen LogP contribution is -2.10. The molecule has 0 amide bonds. The predicted molar refractivity (Wildman–Crippen MR) is 39.2 cm³/mol. The van der Waals surface area contributed by atoms with E-state index in [1.807, 2.05) is 0 Å². The SMILES string of the molecule is O=C(O)C1=CCC(Cl)CC1. The third kappa shape index (κ3) is 1.74. The van der Waals surface area contributed by atoms with Crippen LogP contribution in [-0.4, -0.2) is 16.5 Å². The van der Waals surface area contributed by atoms with E-state index >= 15 is 0 Å². The Hall–Kier alpha value is -0.500. The zero-order valence-corrected chi connectivity index (χ0v) is 6.27. The molecule has 0 fully saturated rings. The van der Waals surface area contributed by atoms with Gasteiger partial charge < -0.3 is 5.11 Å². The van der Waals surface area contributed by atoms with Crippen molar-refractivity contribution >= 4 is 17.6 Å². The minimum Gasteiger partial charge on any atom is -0.478 e. The Morgan fingerprint density at radius 3 is 2.90 bits per heavy atom. The molecule has 1 aliphatic rings. The monoisotopic (exact) mass is 160 g/mol. The van der Waals surface area contributed by atoms with E-state index in [-0.39, 0.29) is 5.38 Å². The summed E-state index contributed by atoms with van der Waals surface area (Å²) in [5, 5.41) is 8.65. The number of rotatable bonds is 1. The van der Waals surface area contributed by atoms with E-state index in [0.29, 0.717) is 18.4 Å². The molecular weight excluding hydrogens is 152 g/mol. The summed E-state index contributed by atoms with van der Waals surface area (Å²) in [4.78, 5) is 10.3. The fourth-order valence-electron chi connectivity index (χ4n) is 0.996. The lowest BCUT2D eigenvalue weighted by atomic mass is 9.99. The van der Waals surface area contributed by atoms with Gasteiger partial charge in [-0.15, -0.1) is 11.6 Å². The summed E-state index contributed by atoms with van der Waals surface area (Å²) in [6, 6.07) is 0. The second-order valence-corrected chi connectivity index (χ2v) is 3.02. The van der Waals surface area contributed by atoms with E-state index in [2.05, 4.69) is 0 Å². The van der Waals surface area contributed by atoms with E-state index < -0.39 is 5.97 Å². The fourth-order valence-corrected chi connectivity index (χ4v) is 1.19. The summed E-state index contributed by atoms with van der Waals surface area (Å²) >= 11 is 5.75. The summed E-state index contributed by atoms with van der Waals surface area (Å²) in [5.74, 6) is -0.802. The highest BCUT2D eigenvalue weighted by molar-refractivity contribution is 6.20. The van der Waals surface area contributed by atoms with Crippen LogP contribution in [-0.2, 0) is 4.79 Å². The van der Waals surface area contributed by atoms with Crippen molar-refractivity contribution in [1.29, 1.82) is 0 Å². The Morgan fingerprint density at radius 1 is 1.80 bits per heavy atom. The van der Waals surface area contributed by atoms with Crippen molar-refractivity contribution in [2.75, 3.05) is 0 Å². The molecule has 10 heavy (non-hydrogen) atoms. The second-order valence-electron chi connectivity index (χ2n) is 2.41. The largest absolute Gasteiger partial charge is 0.478 e. The maximum Gasteiger partial charge on any atom is 0.331 e. The third-order valence-electron chi connectivity index (χ3n) is 1.62. The highest BCUT2D eigenvalue weighted by atomic mass is 35.5. The van der Waals surface area contributed by atoms with Gasteiger partial charge in [-0.1, -0.05) is 6.08 Å². The number of carbonyl (C=O) groups is 1. The number of allylic oxidation sites excluding steroid dienone is 1. The zero-order chi connectivity index (χ0) is 7.56. The van der Waals surface area contributed by atoms with Gasteiger partial charge in [0.25, 0.3) is 0 Å². The number of aliphatic carboxylic acids is 1. The van der Waals surface area contributed by atoms with Gasteiger partial charge in [-0.25, -0.2) is 4.79 Å². The maximum absolute atomic E-state index is 10.3. The van der Waals surface area contributed by atoms with Crippen LogP contribution in [0.25, 0.3) is 0 Å². The summed E-state index contributed by atoms with van der Waals surface area (Å²) in [6.45, 7) is 0. The molecule has 0 heterocycles. The van der Waals surface area contributed by atoms with Gasteiger partial charge in [0.15, 0.2) is 0 Å². The van der Waals surface area contributed by atoms with E-state index in [1.165, 1.54) is 0 Å². The quantitative estimate of drug-likeness (QED) is 0.594. The molecule has 0 radical (unpaired) electrons. The molecule has 0 aromatic heterocycles. The van der Waals surface area contributed by atoms with Crippen molar-refractivity contribution in [3.05, 3.63) is 11.6 Å². The molecule has 2 nitrogen and oxygen atoms in total. The number of alkyl halides is 1. The van der Waals surface area contributed by atoms with Gasteiger partial charge in [0, 0.05) is 11.0 Å². The molecule has 1 N–H and O–H groups in total. The first-order valence-corrected chi connectivity index (χ1v) is 3.70. The Balaban J connectivity index is 2.56. The first kappa shape index (κ1) is 7.61. The van der Waals surface area contributed by atoms with E-state index in [0.717, 1.165) is 6.42 Å². The Bertz CT molecular complexity index is 174. The number of carboxylic acids is 1. The van der Waals surface area contributed by atoms with Gasteiger partial charge in [0.05, 0.1) is 0 Å². The van der Waals surface area contributed by atoms with Crippen LogP contribution in [0.1, 0.15) is 19.3 Å². The third-order valence-corrected chi connectivity index (χ3v) is 2.02. The molecule has 1 unspecified atom stereocenters. The molecule has 0 bridgehead atoms. The Morgan fingerprint density at radius 2 is 2.50 bits per heavy atom. The molecule has 3 heteroatoms. The number of carboxylic acid groups (broad SMARTS) is 1. The van der Waals surface area contributed by atoms with E-state index in [9.17, 15) is 4.79 Å². The molecular formula is C7H9ClO2. The highest BCUT2D eigenvalue weighted by Gasteiger charge is 2.15. The topological polar surface area (TPSA) is 37.3 Å². The molecule has 0 saturated carbocycles. The predicted octanol–water partition coefficient (Wildman–Crippen LogP) is 1.79. The Kier molecular flexibility index (Phi) is 2.33. The molecule has 56 valence electrons. The van der Waals surface area contributed by atoms with Crippen molar-refractivity contribution in [3.63, 3.8) is 0 Å². The van der Waals surface area contributed by atoms with Gasteiger partial charge >= 0.3 is 5.97 Å². The number of hydrogen-bond acceptors (Lipinski definition) is 1. The maximum atomic E-state index is 10.3. The van der Waals surface area contributed by atoms with Gasteiger partial charge in [-0.05, 0) is 19.3 Å². The summed E-state index contributed by atoms with van der Waals surface area (Å²) in [6.07, 6.45) is 3.82. The van der Waals surface area contributed by atoms with Gasteiger partial charge in [0.2, 0.25) is 0 Å². The van der Waals surface area contributed by atoms with Crippen LogP contribution in [0.3, 0.4) is 0 Å². The molecule has 0 aromatic carbocycles. The number of hydrogen-bond donors (Lipinski definition) is 1.